The molecule has 0 amide bonds. The van der Waals surface area contributed by atoms with E-state index in [0.717, 1.165) is 28.8 Å². The Kier molecular flexibility index (Phi) is 3.72. The van der Waals surface area contributed by atoms with Crippen molar-refractivity contribution in [2.45, 2.75) is 32.6 Å². The second kappa shape index (κ2) is 5.53. The Morgan fingerprint density at radius 1 is 1.24 bits per heavy atom. The zero-order valence-electron chi connectivity index (χ0n) is 12.4. The minimum absolute atomic E-state index is 0.357. The van der Waals surface area contributed by atoms with E-state index in [1.165, 1.54) is 42.4 Å². The summed E-state index contributed by atoms with van der Waals surface area (Å²) in [7, 11) is 1.39. The number of fused-ring (bicyclic) bond motifs is 1. The van der Waals surface area contributed by atoms with Crippen molar-refractivity contribution in [1.29, 1.82) is 0 Å². The first-order valence-corrected chi connectivity index (χ1v) is 8.03. The lowest BCUT2D eigenvalue weighted by Crippen LogP contribution is -2.06. The number of anilines is 1. The lowest BCUT2D eigenvalue weighted by atomic mass is 9.88. The minimum atomic E-state index is -0.357. The SMILES string of the molecule is COC(=O)c1c(N)sc(C)c1-c1ccc2c(c1)CCCC2. The number of carbonyl (C=O) groups is 1. The number of esters is 1. The van der Waals surface area contributed by atoms with E-state index >= 15 is 0 Å². The van der Waals surface area contributed by atoms with Crippen LogP contribution in [0.25, 0.3) is 11.1 Å². The van der Waals surface area contributed by atoms with Crippen LogP contribution < -0.4 is 5.73 Å². The maximum atomic E-state index is 12.0. The molecule has 0 spiro atoms. The zero-order chi connectivity index (χ0) is 15.0. The van der Waals surface area contributed by atoms with Crippen LogP contribution >= 0.6 is 11.3 Å². The van der Waals surface area contributed by atoms with Gasteiger partial charge in [-0.3, -0.25) is 0 Å². The number of aryl methyl sites for hydroxylation is 3. The van der Waals surface area contributed by atoms with Crippen LogP contribution in [0.1, 0.15) is 39.2 Å². The van der Waals surface area contributed by atoms with Gasteiger partial charge < -0.3 is 10.5 Å². The Hall–Kier alpha value is -1.81. The van der Waals surface area contributed by atoms with Crippen molar-refractivity contribution in [3.8, 4) is 11.1 Å². The number of methoxy groups -OCH3 is 1. The molecule has 4 heteroatoms. The molecule has 0 atom stereocenters. The average molecular weight is 301 g/mol. The number of thiophene rings is 1. The Balaban J connectivity index is 2.14. The predicted octanol–water partition coefficient (Wildman–Crippen LogP) is 3.97. The number of rotatable bonds is 2. The van der Waals surface area contributed by atoms with Crippen molar-refractivity contribution < 1.29 is 9.53 Å². The monoisotopic (exact) mass is 301 g/mol. The molecule has 1 heterocycles. The van der Waals surface area contributed by atoms with E-state index in [2.05, 4.69) is 18.2 Å². The number of nitrogen functional groups attached to an aromatic ring is 1. The number of carbonyl (C=O) groups excluding carboxylic acids is 1. The first kappa shape index (κ1) is 14.1. The highest BCUT2D eigenvalue weighted by Crippen LogP contribution is 2.39. The molecule has 1 aromatic carbocycles. The second-order valence-electron chi connectivity index (χ2n) is 5.45. The summed E-state index contributed by atoms with van der Waals surface area (Å²) in [5.74, 6) is -0.357. The molecule has 1 aliphatic carbocycles. The quantitative estimate of drug-likeness (QED) is 0.854. The van der Waals surface area contributed by atoms with Crippen molar-refractivity contribution >= 4 is 22.3 Å². The first-order chi connectivity index (χ1) is 10.1. The standard InChI is InChI=1S/C17H19NO2S/c1-10-14(15(16(18)21-10)17(19)20-2)13-8-7-11-5-3-4-6-12(11)9-13/h7-9H,3-6,18H2,1-2H3. The summed E-state index contributed by atoms with van der Waals surface area (Å²) in [6.07, 6.45) is 4.79. The van der Waals surface area contributed by atoms with Gasteiger partial charge in [-0.2, -0.15) is 0 Å². The van der Waals surface area contributed by atoms with E-state index in [1.54, 1.807) is 0 Å². The second-order valence-corrected chi connectivity index (χ2v) is 6.71. The van der Waals surface area contributed by atoms with Gasteiger partial charge in [0.2, 0.25) is 0 Å². The Morgan fingerprint density at radius 3 is 2.67 bits per heavy atom. The van der Waals surface area contributed by atoms with Crippen LogP contribution in [0.4, 0.5) is 5.00 Å². The fourth-order valence-corrected chi connectivity index (χ4v) is 4.05. The van der Waals surface area contributed by atoms with Crippen LogP contribution in [-0.4, -0.2) is 13.1 Å². The van der Waals surface area contributed by atoms with Gasteiger partial charge in [0.15, 0.2) is 0 Å². The van der Waals surface area contributed by atoms with Crippen LogP contribution in [0.2, 0.25) is 0 Å². The molecule has 1 aromatic heterocycles. The molecule has 2 aromatic rings. The molecule has 0 unspecified atom stereocenters. The van der Waals surface area contributed by atoms with Gasteiger partial charge in [-0.05, 0) is 49.3 Å². The molecule has 0 aliphatic heterocycles. The van der Waals surface area contributed by atoms with Crippen molar-refractivity contribution in [3.05, 3.63) is 39.8 Å². The van der Waals surface area contributed by atoms with E-state index in [-0.39, 0.29) is 5.97 Å². The van der Waals surface area contributed by atoms with Gasteiger partial charge >= 0.3 is 5.97 Å². The number of hydrogen-bond acceptors (Lipinski definition) is 4. The summed E-state index contributed by atoms with van der Waals surface area (Å²) in [6.45, 7) is 2.00. The van der Waals surface area contributed by atoms with Gasteiger partial charge in [0.05, 0.1) is 7.11 Å². The summed E-state index contributed by atoms with van der Waals surface area (Å²) < 4.78 is 4.89. The Bertz CT molecular complexity index is 703. The summed E-state index contributed by atoms with van der Waals surface area (Å²) in [4.78, 5) is 13.1. The van der Waals surface area contributed by atoms with Crippen LogP contribution in [0.3, 0.4) is 0 Å². The van der Waals surface area contributed by atoms with Gasteiger partial charge in [0.25, 0.3) is 0 Å². The Labute approximate surface area is 128 Å². The summed E-state index contributed by atoms with van der Waals surface area (Å²) in [6, 6.07) is 6.51. The van der Waals surface area contributed by atoms with E-state index in [0.29, 0.717) is 10.6 Å². The molecule has 0 saturated carbocycles. The molecule has 2 N–H and O–H groups in total. The van der Waals surface area contributed by atoms with E-state index < -0.39 is 0 Å². The van der Waals surface area contributed by atoms with Crippen molar-refractivity contribution in [2.75, 3.05) is 12.8 Å². The van der Waals surface area contributed by atoms with Crippen molar-refractivity contribution in [3.63, 3.8) is 0 Å². The summed E-state index contributed by atoms with van der Waals surface area (Å²) in [5, 5.41) is 0.534. The van der Waals surface area contributed by atoms with Crippen molar-refractivity contribution in [2.24, 2.45) is 0 Å². The Morgan fingerprint density at radius 2 is 1.95 bits per heavy atom. The smallest absolute Gasteiger partial charge is 0.341 e. The van der Waals surface area contributed by atoms with E-state index in [9.17, 15) is 4.79 Å². The van der Waals surface area contributed by atoms with Crippen LogP contribution in [0.15, 0.2) is 18.2 Å². The van der Waals surface area contributed by atoms with E-state index in [4.69, 9.17) is 10.5 Å². The minimum Gasteiger partial charge on any atom is -0.465 e. The highest BCUT2D eigenvalue weighted by molar-refractivity contribution is 7.16. The summed E-state index contributed by atoms with van der Waals surface area (Å²) >= 11 is 1.45. The molecule has 0 radical (unpaired) electrons. The fourth-order valence-electron chi connectivity index (χ4n) is 3.11. The molecular formula is C17H19NO2S. The molecule has 0 bridgehead atoms. The third-order valence-corrected chi connectivity index (χ3v) is 5.07. The highest BCUT2D eigenvalue weighted by atomic mass is 32.1. The van der Waals surface area contributed by atoms with Gasteiger partial charge in [-0.15, -0.1) is 11.3 Å². The normalized spacial score (nSPS) is 13.8. The van der Waals surface area contributed by atoms with E-state index in [1.807, 2.05) is 6.92 Å². The number of ether oxygens (including phenoxy) is 1. The predicted molar refractivity (Wildman–Crippen MR) is 86.9 cm³/mol. The average Bonchev–Trinajstić information content (AvgIpc) is 2.80. The maximum Gasteiger partial charge on any atom is 0.341 e. The lowest BCUT2D eigenvalue weighted by Gasteiger charge is -2.17. The fraction of sp³-hybridized carbons (Fsp3) is 0.353. The van der Waals surface area contributed by atoms with Gasteiger partial charge in [0.1, 0.15) is 10.6 Å². The van der Waals surface area contributed by atoms with Crippen LogP contribution in [0.5, 0.6) is 0 Å². The molecule has 1 aliphatic rings. The number of benzene rings is 1. The molecule has 3 nitrogen and oxygen atoms in total. The molecular weight excluding hydrogens is 282 g/mol. The largest absolute Gasteiger partial charge is 0.465 e. The van der Waals surface area contributed by atoms with Crippen molar-refractivity contribution in [1.82, 2.24) is 0 Å². The van der Waals surface area contributed by atoms with Crippen LogP contribution in [-0.2, 0) is 17.6 Å². The molecule has 110 valence electrons. The van der Waals surface area contributed by atoms with Crippen LogP contribution in [0, 0.1) is 6.92 Å². The molecule has 0 saturated heterocycles. The maximum absolute atomic E-state index is 12.0. The number of nitrogens with two attached hydrogens (primary N) is 1. The topological polar surface area (TPSA) is 52.3 Å². The van der Waals surface area contributed by atoms with Gasteiger partial charge in [0, 0.05) is 10.4 Å². The third-order valence-electron chi connectivity index (χ3n) is 4.14. The highest BCUT2D eigenvalue weighted by Gasteiger charge is 2.23. The lowest BCUT2D eigenvalue weighted by molar-refractivity contribution is 0.0603. The molecule has 3 rings (SSSR count). The molecule has 21 heavy (non-hydrogen) atoms. The number of hydrogen-bond donors (Lipinski definition) is 1. The first-order valence-electron chi connectivity index (χ1n) is 7.21. The third kappa shape index (κ3) is 2.44. The van der Waals surface area contributed by atoms with Gasteiger partial charge in [-0.25, -0.2) is 4.79 Å². The van der Waals surface area contributed by atoms with Gasteiger partial charge in [-0.1, -0.05) is 18.2 Å². The zero-order valence-corrected chi connectivity index (χ0v) is 13.2. The molecule has 0 fully saturated rings. The summed E-state index contributed by atoms with van der Waals surface area (Å²) in [5.41, 5.74) is 11.4.